The first-order valence-corrected chi connectivity index (χ1v) is 12.4. The summed E-state index contributed by atoms with van der Waals surface area (Å²) < 4.78 is 27.3. The van der Waals surface area contributed by atoms with Crippen molar-refractivity contribution in [3.63, 3.8) is 0 Å². The Morgan fingerprint density at radius 2 is 1.72 bits per heavy atom. The molecule has 8 heteroatoms. The van der Waals surface area contributed by atoms with Crippen molar-refractivity contribution in [3.05, 3.63) is 93.9 Å². The van der Waals surface area contributed by atoms with Crippen LogP contribution in [0.15, 0.2) is 71.7 Å². The van der Waals surface area contributed by atoms with Crippen molar-refractivity contribution in [1.82, 2.24) is 9.55 Å². The zero-order valence-electron chi connectivity index (χ0n) is 20.2. The van der Waals surface area contributed by atoms with Gasteiger partial charge in [-0.1, -0.05) is 60.7 Å². The second-order valence-corrected chi connectivity index (χ2v) is 10.0. The molecule has 0 spiro atoms. The molecule has 2 aromatic carbocycles. The zero-order chi connectivity index (χ0) is 24.8. The van der Waals surface area contributed by atoms with Crippen molar-refractivity contribution < 1.29 is 24.1 Å². The first-order chi connectivity index (χ1) is 17.5. The lowest BCUT2D eigenvalue weighted by atomic mass is 9.82. The van der Waals surface area contributed by atoms with Crippen LogP contribution in [0.4, 0.5) is 0 Å². The van der Waals surface area contributed by atoms with Gasteiger partial charge in [-0.25, -0.2) is 0 Å². The number of rotatable bonds is 8. The third-order valence-corrected chi connectivity index (χ3v) is 7.47. The number of benzene rings is 2. The van der Waals surface area contributed by atoms with E-state index >= 15 is 0 Å². The van der Waals surface area contributed by atoms with E-state index in [2.05, 4.69) is 4.98 Å². The molecule has 6 rings (SSSR count). The van der Waals surface area contributed by atoms with Gasteiger partial charge in [0.25, 0.3) is 5.56 Å². The highest BCUT2D eigenvalue weighted by Gasteiger charge is 2.68. The molecule has 8 nitrogen and oxygen atoms in total. The molecular weight excluding hydrogens is 460 g/mol. The van der Waals surface area contributed by atoms with Crippen LogP contribution >= 0.6 is 0 Å². The predicted molar refractivity (Wildman–Crippen MR) is 130 cm³/mol. The van der Waals surface area contributed by atoms with Crippen LogP contribution in [0, 0.1) is 6.92 Å². The number of hydrogen-bond acceptors (Lipinski definition) is 7. The van der Waals surface area contributed by atoms with Crippen LogP contribution in [-0.2, 0) is 27.4 Å². The van der Waals surface area contributed by atoms with E-state index in [1.165, 1.54) is 0 Å². The third kappa shape index (κ3) is 4.14. The zero-order valence-corrected chi connectivity index (χ0v) is 20.2. The normalized spacial score (nSPS) is 27.7. The number of fused-ring (bicyclic) bond motifs is 3. The number of aryl methyl sites for hydroxylation is 1. The van der Waals surface area contributed by atoms with Crippen molar-refractivity contribution in [3.8, 4) is 6.01 Å². The third-order valence-electron chi connectivity index (χ3n) is 7.47. The Morgan fingerprint density at radius 1 is 1.06 bits per heavy atom. The monoisotopic (exact) mass is 490 g/mol. The molecule has 2 unspecified atom stereocenters. The van der Waals surface area contributed by atoms with Crippen molar-refractivity contribution in [2.24, 2.45) is 0 Å². The number of aliphatic hydroxyl groups is 1. The molecule has 0 bridgehead atoms. The van der Waals surface area contributed by atoms with E-state index in [9.17, 15) is 9.90 Å². The van der Waals surface area contributed by atoms with Gasteiger partial charge >= 0.3 is 6.01 Å². The highest BCUT2D eigenvalue weighted by Crippen LogP contribution is 2.55. The minimum absolute atomic E-state index is 0.156. The van der Waals surface area contributed by atoms with E-state index in [0.29, 0.717) is 38.0 Å². The van der Waals surface area contributed by atoms with Gasteiger partial charge in [0.2, 0.25) is 0 Å². The molecule has 36 heavy (non-hydrogen) atoms. The summed E-state index contributed by atoms with van der Waals surface area (Å²) in [5, 5.41) is 11.6. The lowest BCUT2D eigenvalue weighted by Crippen LogP contribution is -2.65. The Hall–Kier alpha value is -3.04. The second-order valence-electron chi connectivity index (χ2n) is 10.0. The van der Waals surface area contributed by atoms with Gasteiger partial charge in [0.05, 0.1) is 31.5 Å². The van der Waals surface area contributed by atoms with Gasteiger partial charge in [0.1, 0.15) is 11.7 Å². The molecule has 0 amide bonds. The molecule has 1 saturated heterocycles. The quantitative estimate of drug-likeness (QED) is 0.518. The summed E-state index contributed by atoms with van der Waals surface area (Å²) >= 11 is 0. The SMILES string of the molecule is Cc1cn2c(nc1=O)OC1CC(OCc3ccccc3)[C@](COCc3ccccc3)(C3(O)CC3)O[C@H]12. The Morgan fingerprint density at radius 3 is 2.39 bits per heavy atom. The molecule has 2 fully saturated rings. The molecule has 4 atom stereocenters. The maximum Gasteiger partial charge on any atom is 0.302 e. The molecule has 3 aliphatic rings. The first kappa shape index (κ1) is 23.4. The molecule has 2 aliphatic heterocycles. The van der Waals surface area contributed by atoms with E-state index in [-0.39, 0.29) is 18.2 Å². The Balaban J connectivity index is 1.32. The van der Waals surface area contributed by atoms with Crippen LogP contribution in [0.1, 0.15) is 42.2 Å². The van der Waals surface area contributed by atoms with E-state index in [1.807, 2.05) is 60.7 Å². The van der Waals surface area contributed by atoms with Crippen LogP contribution in [-0.4, -0.2) is 44.7 Å². The van der Waals surface area contributed by atoms with Gasteiger partial charge in [-0.05, 0) is 30.9 Å². The van der Waals surface area contributed by atoms with E-state index < -0.39 is 29.6 Å². The molecule has 1 saturated carbocycles. The van der Waals surface area contributed by atoms with Gasteiger partial charge in [-0.15, -0.1) is 0 Å². The fraction of sp³-hybridized carbons (Fsp3) is 0.429. The summed E-state index contributed by atoms with van der Waals surface area (Å²) in [6, 6.07) is 20.1. The molecule has 1 N–H and O–H groups in total. The predicted octanol–water partition coefficient (Wildman–Crippen LogP) is 3.30. The minimum Gasteiger partial charge on any atom is -0.456 e. The fourth-order valence-electron chi connectivity index (χ4n) is 5.26. The number of aromatic nitrogens is 2. The largest absolute Gasteiger partial charge is 0.456 e. The average molecular weight is 491 g/mol. The summed E-state index contributed by atoms with van der Waals surface area (Å²) in [6.07, 6.45) is 1.93. The lowest BCUT2D eigenvalue weighted by Gasteiger charge is -2.49. The highest BCUT2D eigenvalue weighted by atomic mass is 16.6. The summed E-state index contributed by atoms with van der Waals surface area (Å²) in [7, 11) is 0. The van der Waals surface area contributed by atoms with Crippen molar-refractivity contribution in [1.29, 1.82) is 0 Å². The molecule has 0 radical (unpaired) electrons. The summed E-state index contributed by atoms with van der Waals surface area (Å²) in [6.45, 7) is 2.63. The Bertz CT molecular complexity index is 1280. The van der Waals surface area contributed by atoms with Gasteiger partial charge in [0.15, 0.2) is 6.23 Å². The summed E-state index contributed by atoms with van der Waals surface area (Å²) in [5.74, 6) is 0. The van der Waals surface area contributed by atoms with Crippen LogP contribution in [0.3, 0.4) is 0 Å². The van der Waals surface area contributed by atoms with Crippen LogP contribution in [0.2, 0.25) is 0 Å². The van der Waals surface area contributed by atoms with Crippen molar-refractivity contribution >= 4 is 0 Å². The molecule has 3 heterocycles. The van der Waals surface area contributed by atoms with Crippen LogP contribution in [0.25, 0.3) is 0 Å². The Labute approximate surface area is 209 Å². The minimum atomic E-state index is -1.11. The van der Waals surface area contributed by atoms with E-state index in [0.717, 1.165) is 11.1 Å². The van der Waals surface area contributed by atoms with Crippen LogP contribution < -0.4 is 10.3 Å². The van der Waals surface area contributed by atoms with E-state index in [1.54, 1.807) is 17.7 Å². The Kier molecular flexibility index (Phi) is 5.92. The molecule has 3 aromatic rings. The topological polar surface area (TPSA) is 92.0 Å². The number of hydrogen-bond donors (Lipinski definition) is 1. The van der Waals surface area contributed by atoms with Crippen LogP contribution in [0.5, 0.6) is 6.01 Å². The second kappa shape index (κ2) is 9.12. The maximum absolute atomic E-state index is 12.2. The molecule has 1 aromatic heterocycles. The average Bonchev–Trinajstić information content (AvgIpc) is 3.57. The molecule has 1 aliphatic carbocycles. The highest BCUT2D eigenvalue weighted by molar-refractivity contribution is 5.22. The fourth-order valence-corrected chi connectivity index (χ4v) is 5.26. The summed E-state index contributed by atoms with van der Waals surface area (Å²) in [4.78, 5) is 16.2. The molecular formula is C28H30N2O6. The number of ether oxygens (including phenoxy) is 4. The van der Waals surface area contributed by atoms with Gasteiger partial charge in [-0.3, -0.25) is 9.36 Å². The summed E-state index contributed by atoms with van der Waals surface area (Å²) in [5.41, 5.74) is 0.0533. The number of nitrogens with zero attached hydrogens (tertiary/aromatic N) is 2. The smallest absolute Gasteiger partial charge is 0.302 e. The van der Waals surface area contributed by atoms with E-state index in [4.69, 9.17) is 18.9 Å². The van der Waals surface area contributed by atoms with Crippen molar-refractivity contribution in [2.75, 3.05) is 6.61 Å². The van der Waals surface area contributed by atoms with Gasteiger partial charge in [0, 0.05) is 18.2 Å². The van der Waals surface area contributed by atoms with Gasteiger partial charge in [-0.2, -0.15) is 4.98 Å². The van der Waals surface area contributed by atoms with Gasteiger partial charge < -0.3 is 24.1 Å². The molecule has 188 valence electrons. The maximum atomic E-state index is 12.2. The lowest BCUT2D eigenvalue weighted by molar-refractivity contribution is -0.300. The van der Waals surface area contributed by atoms with Crippen molar-refractivity contribution in [2.45, 2.75) is 69.0 Å². The first-order valence-electron chi connectivity index (χ1n) is 12.4. The standard InChI is InChI=1S/C28H30N2O6/c1-19-15-30-25-22(35-26(30)29-24(19)31)14-23(34-17-21-10-6-3-7-11-21)28(36-25,27(32)12-13-27)18-33-16-20-8-4-2-5-9-20/h2-11,15,22-23,25,32H,12-14,16-18H2,1H3/t22?,23?,25-,28-/m1/s1.